The van der Waals surface area contributed by atoms with Gasteiger partial charge in [0.2, 0.25) is 10.0 Å². The van der Waals surface area contributed by atoms with E-state index < -0.39 is 16.1 Å². The second kappa shape index (κ2) is 10.5. The van der Waals surface area contributed by atoms with Gasteiger partial charge in [-0.05, 0) is 50.1 Å². The Kier molecular flexibility index (Phi) is 7.49. The highest BCUT2D eigenvalue weighted by atomic mass is 32.2. The van der Waals surface area contributed by atoms with Crippen LogP contribution in [0.2, 0.25) is 0 Å². The summed E-state index contributed by atoms with van der Waals surface area (Å²) >= 11 is 0. The van der Waals surface area contributed by atoms with E-state index in [-0.39, 0.29) is 11.0 Å². The van der Waals surface area contributed by atoms with E-state index in [1.165, 1.54) is 10.4 Å². The first-order valence-corrected chi connectivity index (χ1v) is 12.6. The van der Waals surface area contributed by atoms with Crippen molar-refractivity contribution >= 4 is 33.1 Å². The summed E-state index contributed by atoms with van der Waals surface area (Å²) in [5, 5.41) is 8.88. The molecule has 4 rings (SSSR count). The maximum absolute atomic E-state index is 13.1. The molecule has 0 aromatic heterocycles. The number of carbonyl (C=O) groups excluding carboxylic acids is 1. The van der Waals surface area contributed by atoms with E-state index in [0.29, 0.717) is 49.9 Å². The number of rotatable bonds is 7. The lowest BCUT2D eigenvalue weighted by atomic mass is 10.2. The van der Waals surface area contributed by atoms with Crippen LogP contribution < -0.4 is 16.0 Å². The van der Waals surface area contributed by atoms with Crippen LogP contribution in [-0.2, 0) is 19.5 Å². The molecule has 2 heterocycles. The van der Waals surface area contributed by atoms with E-state index in [0.717, 1.165) is 25.0 Å². The molecule has 0 aliphatic carbocycles. The van der Waals surface area contributed by atoms with Crippen molar-refractivity contribution in [3.8, 4) is 0 Å². The number of hydrogen-bond donors (Lipinski definition) is 3. The van der Waals surface area contributed by atoms with Gasteiger partial charge in [-0.25, -0.2) is 13.2 Å². The van der Waals surface area contributed by atoms with Crippen LogP contribution in [0.4, 0.5) is 21.9 Å². The van der Waals surface area contributed by atoms with Gasteiger partial charge in [0.25, 0.3) is 0 Å². The first kappa shape index (κ1) is 23.5. The van der Waals surface area contributed by atoms with Crippen molar-refractivity contribution in [3.63, 3.8) is 0 Å². The average molecular weight is 475 g/mol. The number of urea groups is 1. The van der Waals surface area contributed by atoms with Crippen LogP contribution in [0.3, 0.4) is 0 Å². The van der Waals surface area contributed by atoms with E-state index in [2.05, 4.69) is 16.0 Å². The van der Waals surface area contributed by atoms with Crippen LogP contribution in [-0.4, -0.2) is 64.3 Å². The number of hydrogen-bond acceptors (Lipinski definition) is 6. The lowest BCUT2D eigenvalue weighted by Crippen LogP contribution is -2.40. The quantitative estimate of drug-likeness (QED) is 0.568. The number of nitrogens with one attached hydrogen (secondary N) is 3. The Labute approximate surface area is 194 Å². The molecule has 1 atom stereocenters. The lowest BCUT2D eigenvalue weighted by molar-refractivity contribution is 0.0730. The zero-order chi connectivity index (χ0) is 23.3. The number of anilines is 3. The summed E-state index contributed by atoms with van der Waals surface area (Å²) in [5.41, 5.74) is 2.74. The molecule has 2 aliphatic heterocycles. The first-order valence-electron chi connectivity index (χ1n) is 11.1. The van der Waals surface area contributed by atoms with Gasteiger partial charge in [-0.15, -0.1) is 0 Å². The third-order valence-electron chi connectivity index (χ3n) is 5.70. The molecule has 0 spiro atoms. The smallest absolute Gasteiger partial charge is 0.323 e. The Bertz CT molecular complexity index is 1060. The summed E-state index contributed by atoms with van der Waals surface area (Å²) < 4.78 is 38.6. The number of sulfonamides is 1. The molecule has 0 radical (unpaired) electrons. The maximum atomic E-state index is 13.1. The summed E-state index contributed by atoms with van der Waals surface area (Å²) in [4.78, 5) is 12.8. The van der Waals surface area contributed by atoms with Crippen LogP contribution in [0.5, 0.6) is 0 Å². The van der Waals surface area contributed by atoms with Crippen molar-refractivity contribution in [1.82, 2.24) is 4.31 Å². The van der Waals surface area contributed by atoms with E-state index in [1.807, 2.05) is 31.2 Å². The molecule has 33 heavy (non-hydrogen) atoms. The predicted molar refractivity (Wildman–Crippen MR) is 127 cm³/mol. The number of amides is 2. The van der Waals surface area contributed by atoms with Crippen molar-refractivity contribution in [2.75, 3.05) is 55.4 Å². The van der Waals surface area contributed by atoms with Gasteiger partial charge in [0, 0.05) is 31.9 Å². The second-order valence-electron chi connectivity index (χ2n) is 8.18. The molecule has 0 bridgehead atoms. The van der Waals surface area contributed by atoms with Gasteiger partial charge in [0.05, 0.1) is 35.6 Å². The van der Waals surface area contributed by atoms with Gasteiger partial charge >= 0.3 is 6.03 Å². The summed E-state index contributed by atoms with van der Waals surface area (Å²) in [5.74, 6) is 0. The van der Waals surface area contributed by atoms with Crippen molar-refractivity contribution in [1.29, 1.82) is 0 Å². The molecule has 2 aromatic carbocycles. The molecule has 0 saturated carbocycles. The van der Waals surface area contributed by atoms with Gasteiger partial charge in [-0.2, -0.15) is 4.31 Å². The third-order valence-corrected chi connectivity index (χ3v) is 7.60. The van der Waals surface area contributed by atoms with Crippen LogP contribution in [0.25, 0.3) is 0 Å². The normalized spacial score (nSPS) is 19.2. The Hall–Kier alpha value is -2.66. The van der Waals surface area contributed by atoms with E-state index in [1.54, 1.807) is 12.1 Å². The van der Waals surface area contributed by atoms with E-state index in [9.17, 15) is 13.2 Å². The summed E-state index contributed by atoms with van der Waals surface area (Å²) in [7, 11) is -3.70. The highest BCUT2D eigenvalue weighted by Gasteiger charge is 2.27. The summed E-state index contributed by atoms with van der Waals surface area (Å²) in [6.45, 7) is 4.62. The van der Waals surface area contributed by atoms with E-state index in [4.69, 9.17) is 9.47 Å². The molecule has 9 nitrogen and oxygen atoms in total. The molecular weight excluding hydrogens is 444 g/mol. The maximum Gasteiger partial charge on any atom is 0.323 e. The van der Waals surface area contributed by atoms with Crippen molar-refractivity contribution in [2.45, 2.75) is 30.8 Å². The largest absolute Gasteiger partial charge is 0.381 e. The number of nitrogens with zero attached hydrogens (tertiary/aromatic N) is 1. The Morgan fingerprint density at radius 2 is 1.79 bits per heavy atom. The average Bonchev–Trinajstić information content (AvgIpc) is 3.34. The molecule has 10 heteroatoms. The minimum atomic E-state index is -3.70. The van der Waals surface area contributed by atoms with Gasteiger partial charge < -0.3 is 25.4 Å². The molecule has 2 saturated heterocycles. The molecule has 178 valence electrons. The lowest BCUT2D eigenvalue weighted by Gasteiger charge is -2.26. The number of benzene rings is 2. The van der Waals surface area contributed by atoms with Crippen LogP contribution >= 0.6 is 0 Å². The minimum absolute atomic E-state index is 0.0935. The monoisotopic (exact) mass is 474 g/mol. The van der Waals surface area contributed by atoms with Gasteiger partial charge in [-0.3, -0.25) is 0 Å². The van der Waals surface area contributed by atoms with Crippen molar-refractivity contribution in [3.05, 3.63) is 48.0 Å². The van der Waals surface area contributed by atoms with Crippen molar-refractivity contribution < 1.29 is 22.7 Å². The van der Waals surface area contributed by atoms with E-state index >= 15 is 0 Å². The molecule has 2 aliphatic rings. The molecule has 2 fully saturated rings. The highest BCUT2D eigenvalue weighted by molar-refractivity contribution is 7.89. The predicted octanol–water partition coefficient (Wildman–Crippen LogP) is 3.25. The number of aryl methyl sites for hydroxylation is 1. The second-order valence-corrected chi connectivity index (χ2v) is 10.1. The highest BCUT2D eigenvalue weighted by Crippen LogP contribution is 2.28. The fraction of sp³-hybridized carbons (Fsp3) is 0.435. The Morgan fingerprint density at radius 3 is 2.48 bits per heavy atom. The molecule has 2 amide bonds. The topological polar surface area (TPSA) is 109 Å². The molecule has 0 unspecified atom stereocenters. The standard InChI is InChI=1S/C23H30N4O5S/c1-17-4-6-18(7-5-17)25-23(28)26-22-15-20(33(29,30)27-10-13-31-14-11-27)8-9-21(22)24-16-19-3-2-12-32-19/h4-9,15,19,24H,2-3,10-14,16H2,1H3,(H2,25,26,28)/t19-/m1/s1. The summed E-state index contributed by atoms with van der Waals surface area (Å²) in [6, 6.07) is 11.7. The Balaban J connectivity index is 1.55. The van der Waals surface area contributed by atoms with Gasteiger partial charge in [-0.1, -0.05) is 17.7 Å². The third kappa shape index (κ3) is 6.02. The number of carbonyl (C=O) groups is 1. The molecule has 3 N–H and O–H groups in total. The zero-order valence-corrected chi connectivity index (χ0v) is 19.5. The van der Waals surface area contributed by atoms with Gasteiger partial charge in [0.1, 0.15) is 0 Å². The van der Waals surface area contributed by atoms with Crippen LogP contribution in [0.15, 0.2) is 47.4 Å². The molecule has 2 aromatic rings. The minimum Gasteiger partial charge on any atom is -0.381 e. The fourth-order valence-corrected chi connectivity index (χ4v) is 5.26. The first-order chi connectivity index (χ1) is 15.9. The zero-order valence-electron chi connectivity index (χ0n) is 18.7. The Morgan fingerprint density at radius 1 is 1.03 bits per heavy atom. The van der Waals surface area contributed by atoms with Crippen LogP contribution in [0.1, 0.15) is 18.4 Å². The summed E-state index contributed by atoms with van der Waals surface area (Å²) in [6.07, 6.45) is 2.08. The number of ether oxygens (including phenoxy) is 2. The fourth-order valence-electron chi connectivity index (χ4n) is 3.83. The van der Waals surface area contributed by atoms with Crippen molar-refractivity contribution in [2.24, 2.45) is 0 Å². The number of morpholine rings is 1. The van der Waals surface area contributed by atoms with Gasteiger partial charge in [0.15, 0.2) is 0 Å². The molecular formula is C23H30N4O5S. The SMILES string of the molecule is Cc1ccc(NC(=O)Nc2cc(S(=O)(=O)N3CCOCC3)ccc2NC[C@H]2CCCO2)cc1. The van der Waals surface area contributed by atoms with Crippen LogP contribution in [0, 0.1) is 6.92 Å².